The molecule has 0 atom stereocenters. The van der Waals surface area contributed by atoms with E-state index in [1.165, 1.54) is 18.3 Å². The van der Waals surface area contributed by atoms with Crippen LogP contribution in [0.1, 0.15) is 42.3 Å². The number of carbonyl (C=O) groups excluding carboxylic acids is 1. The first-order valence-electron chi connectivity index (χ1n) is 11.3. The van der Waals surface area contributed by atoms with Gasteiger partial charge in [-0.25, -0.2) is 13.4 Å². The first kappa shape index (κ1) is 25.2. The Hall–Kier alpha value is -2.94. The van der Waals surface area contributed by atoms with Crippen LogP contribution in [0.4, 0.5) is 11.5 Å². The number of pyridine rings is 1. The van der Waals surface area contributed by atoms with Crippen molar-refractivity contribution in [3.05, 3.63) is 82.5 Å². The van der Waals surface area contributed by atoms with Crippen molar-refractivity contribution in [2.75, 3.05) is 35.9 Å². The molecule has 0 amide bonds. The van der Waals surface area contributed by atoms with Gasteiger partial charge in [-0.3, -0.25) is 9.52 Å². The van der Waals surface area contributed by atoms with Crippen LogP contribution in [0.25, 0.3) is 0 Å². The highest BCUT2D eigenvalue weighted by atomic mass is 35.5. The molecule has 1 fully saturated rings. The maximum absolute atomic E-state index is 13.3. The molecule has 0 unspecified atom stereocenters. The number of halogens is 1. The van der Waals surface area contributed by atoms with Crippen LogP contribution in [-0.4, -0.2) is 45.5 Å². The molecule has 0 saturated carbocycles. The van der Waals surface area contributed by atoms with E-state index in [0.29, 0.717) is 23.8 Å². The summed E-state index contributed by atoms with van der Waals surface area (Å²) in [5, 5.41) is 0.323. The Morgan fingerprint density at radius 3 is 2.31 bits per heavy atom. The molecular weight excluding hydrogens is 486 g/mol. The third-order valence-corrected chi connectivity index (χ3v) is 7.46. The minimum Gasteiger partial charge on any atom is -0.378 e. The van der Waals surface area contributed by atoms with E-state index in [4.69, 9.17) is 16.3 Å². The van der Waals surface area contributed by atoms with E-state index in [9.17, 15) is 13.2 Å². The number of sulfonamides is 1. The van der Waals surface area contributed by atoms with Crippen LogP contribution in [0, 0.1) is 0 Å². The predicted molar refractivity (Wildman–Crippen MR) is 138 cm³/mol. The van der Waals surface area contributed by atoms with Crippen LogP contribution in [-0.2, 0) is 20.2 Å². The van der Waals surface area contributed by atoms with Gasteiger partial charge in [0.25, 0.3) is 10.0 Å². The van der Waals surface area contributed by atoms with E-state index in [1.807, 2.05) is 0 Å². The summed E-state index contributed by atoms with van der Waals surface area (Å²) < 4.78 is 34.1. The van der Waals surface area contributed by atoms with Crippen LogP contribution in [0.5, 0.6) is 0 Å². The van der Waals surface area contributed by atoms with Gasteiger partial charge in [0.1, 0.15) is 5.82 Å². The monoisotopic (exact) mass is 513 g/mol. The molecule has 1 aliphatic rings. The van der Waals surface area contributed by atoms with Crippen LogP contribution in [0.3, 0.4) is 0 Å². The fourth-order valence-corrected chi connectivity index (χ4v) is 5.04. The number of ether oxygens (including phenoxy) is 1. The molecule has 1 N–H and O–H groups in total. The summed E-state index contributed by atoms with van der Waals surface area (Å²) in [6.45, 7) is 8.91. The first-order valence-corrected chi connectivity index (χ1v) is 13.2. The topological polar surface area (TPSA) is 88.6 Å². The summed E-state index contributed by atoms with van der Waals surface area (Å²) in [5.74, 6) is 0.380. The van der Waals surface area contributed by atoms with Gasteiger partial charge in [0.15, 0.2) is 5.78 Å². The lowest BCUT2D eigenvalue weighted by molar-refractivity contribution is 0.103. The van der Waals surface area contributed by atoms with Crippen molar-refractivity contribution in [1.82, 2.24) is 4.98 Å². The molecule has 3 aromatic rings. The highest BCUT2D eigenvalue weighted by molar-refractivity contribution is 7.92. The predicted octanol–water partition coefficient (Wildman–Crippen LogP) is 4.90. The van der Waals surface area contributed by atoms with Gasteiger partial charge in [0.05, 0.1) is 23.8 Å². The Balaban J connectivity index is 1.59. The summed E-state index contributed by atoms with van der Waals surface area (Å²) in [6, 6.07) is 14.7. The number of nitrogens with one attached hydrogen (secondary N) is 1. The molecule has 9 heteroatoms. The Morgan fingerprint density at radius 1 is 1.03 bits per heavy atom. The fraction of sp³-hybridized carbons (Fsp3) is 0.308. The number of morpholine rings is 1. The maximum atomic E-state index is 13.3. The molecule has 4 rings (SSSR count). The molecule has 0 bridgehead atoms. The van der Waals surface area contributed by atoms with E-state index in [1.54, 1.807) is 42.5 Å². The molecule has 1 saturated heterocycles. The van der Waals surface area contributed by atoms with Gasteiger partial charge in [-0.2, -0.15) is 0 Å². The van der Waals surface area contributed by atoms with Gasteiger partial charge < -0.3 is 9.64 Å². The van der Waals surface area contributed by atoms with Gasteiger partial charge >= 0.3 is 0 Å². The molecule has 2 heterocycles. The number of rotatable bonds is 6. The fourth-order valence-electron chi connectivity index (χ4n) is 3.79. The second kappa shape index (κ2) is 9.97. The molecule has 35 heavy (non-hydrogen) atoms. The van der Waals surface area contributed by atoms with Crippen molar-refractivity contribution in [3.8, 4) is 0 Å². The largest absolute Gasteiger partial charge is 0.378 e. The van der Waals surface area contributed by atoms with Gasteiger partial charge in [-0.05, 0) is 53.4 Å². The van der Waals surface area contributed by atoms with Gasteiger partial charge in [-0.1, -0.05) is 44.5 Å². The number of nitrogens with zero attached hydrogens (tertiary/aromatic N) is 2. The van der Waals surface area contributed by atoms with Gasteiger partial charge in [0, 0.05) is 35.4 Å². The molecule has 1 aliphatic heterocycles. The average molecular weight is 514 g/mol. The zero-order chi connectivity index (χ0) is 25.2. The van der Waals surface area contributed by atoms with Gasteiger partial charge in [0.2, 0.25) is 0 Å². The normalized spacial score (nSPS) is 14.6. The van der Waals surface area contributed by atoms with Crippen LogP contribution in [0.15, 0.2) is 65.7 Å². The molecule has 2 aromatic carbocycles. The molecule has 184 valence electrons. The van der Waals surface area contributed by atoms with Crippen molar-refractivity contribution in [1.29, 1.82) is 0 Å². The summed E-state index contributed by atoms with van der Waals surface area (Å²) in [6.07, 6.45) is 1.50. The number of anilines is 2. The summed E-state index contributed by atoms with van der Waals surface area (Å²) in [4.78, 5) is 19.9. The number of benzene rings is 2. The van der Waals surface area contributed by atoms with E-state index >= 15 is 0 Å². The molecule has 1 aromatic heterocycles. The maximum Gasteiger partial charge on any atom is 0.261 e. The van der Waals surface area contributed by atoms with Crippen LogP contribution >= 0.6 is 11.6 Å². The lowest BCUT2D eigenvalue weighted by Crippen LogP contribution is -2.36. The van der Waals surface area contributed by atoms with Crippen molar-refractivity contribution in [2.24, 2.45) is 0 Å². The van der Waals surface area contributed by atoms with Crippen molar-refractivity contribution in [2.45, 2.75) is 31.1 Å². The van der Waals surface area contributed by atoms with E-state index in [-0.39, 0.29) is 27.3 Å². The summed E-state index contributed by atoms with van der Waals surface area (Å²) in [5.41, 5.74) is 1.55. The molecule has 0 spiro atoms. The third-order valence-electron chi connectivity index (χ3n) is 5.85. The number of hydrogen-bond donors (Lipinski definition) is 1. The SMILES string of the molecule is CC(C)(C)c1ccc(S(=O)(=O)Nc2ccc(Cl)cc2C(=O)c2ccc(N3CCOCC3)nc2)cc1. The highest BCUT2D eigenvalue weighted by Gasteiger charge is 2.22. The molecule has 7 nitrogen and oxygen atoms in total. The van der Waals surface area contributed by atoms with Crippen molar-refractivity contribution in [3.63, 3.8) is 0 Å². The smallest absolute Gasteiger partial charge is 0.261 e. The Labute approximate surface area is 211 Å². The highest BCUT2D eigenvalue weighted by Crippen LogP contribution is 2.28. The lowest BCUT2D eigenvalue weighted by atomic mass is 9.87. The minimum atomic E-state index is -3.93. The second-order valence-electron chi connectivity index (χ2n) is 9.40. The number of aromatic nitrogens is 1. The Kier molecular flexibility index (Phi) is 7.17. The van der Waals surface area contributed by atoms with E-state index in [2.05, 4.69) is 35.4 Å². The zero-order valence-corrected chi connectivity index (χ0v) is 21.5. The zero-order valence-electron chi connectivity index (χ0n) is 19.9. The van der Waals surface area contributed by atoms with Gasteiger partial charge in [-0.15, -0.1) is 0 Å². The third kappa shape index (κ3) is 5.83. The first-order chi connectivity index (χ1) is 16.5. The molecule has 0 radical (unpaired) electrons. The summed E-state index contributed by atoms with van der Waals surface area (Å²) >= 11 is 6.16. The summed E-state index contributed by atoms with van der Waals surface area (Å²) in [7, 11) is -3.93. The number of ketones is 1. The number of carbonyl (C=O) groups is 1. The Morgan fingerprint density at radius 2 is 1.71 bits per heavy atom. The van der Waals surface area contributed by atoms with E-state index in [0.717, 1.165) is 24.5 Å². The standard InChI is InChI=1S/C26H28ClN3O4S/c1-26(2,3)19-5-8-21(9-6-19)35(32,33)29-23-10-7-20(27)16-22(23)25(31)18-4-11-24(28-17-18)30-12-14-34-15-13-30/h4-11,16-17,29H,12-15H2,1-3H3. The van der Waals surface area contributed by atoms with Crippen LogP contribution < -0.4 is 9.62 Å². The quantitative estimate of drug-likeness (QED) is 0.471. The number of hydrogen-bond acceptors (Lipinski definition) is 6. The minimum absolute atomic E-state index is 0.100. The van der Waals surface area contributed by atoms with Crippen molar-refractivity contribution >= 4 is 38.9 Å². The molecular formula is C26H28ClN3O4S. The van der Waals surface area contributed by atoms with Crippen LogP contribution in [0.2, 0.25) is 5.02 Å². The van der Waals surface area contributed by atoms with Crippen molar-refractivity contribution < 1.29 is 17.9 Å². The van der Waals surface area contributed by atoms with E-state index < -0.39 is 10.0 Å². The Bertz CT molecular complexity index is 1310. The average Bonchev–Trinajstić information content (AvgIpc) is 2.85. The second-order valence-corrected chi connectivity index (χ2v) is 11.5. The molecule has 0 aliphatic carbocycles. The lowest BCUT2D eigenvalue weighted by Gasteiger charge is -2.27.